The molecule has 0 aliphatic heterocycles. The fourth-order valence-electron chi connectivity index (χ4n) is 7.83. The molecule has 0 rings (SSSR count). The van der Waals surface area contributed by atoms with Crippen molar-refractivity contribution in [3.63, 3.8) is 0 Å². The number of unbranched alkanes of at least 4 members (excludes halogenated alkanes) is 24. The van der Waals surface area contributed by atoms with E-state index in [4.69, 9.17) is 0 Å². The van der Waals surface area contributed by atoms with Gasteiger partial charge in [0.2, 0.25) is 0 Å². The van der Waals surface area contributed by atoms with Gasteiger partial charge in [-0.1, -0.05) is 156 Å². The Morgan fingerprint density at radius 1 is 0.213 bits per heavy atom. The fraction of sp³-hybridized carbons (Fsp3) is 1.00. The molecule has 0 spiro atoms. The molecule has 47 heavy (non-hydrogen) atoms. The van der Waals surface area contributed by atoms with Crippen LogP contribution in [0.1, 0.15) is 207 Å². The van der Waals surface area contributed by atoms with Gasteiger partial charge in [-0.3, -0.25) is 0 Å². The van der Waals surface area contributed by atoms with Crippen molar-refractivity contribution in [1.29, 1.82) is 0 Å². The van der Waals surface area contributed by atoms with Crippen LogP contribution in [0.3, 0.4) is 0 Å². The van der Waals surface area contributed by atoms with Crippen LogP contribution in [0.2, 0.25) is 0 Å². The van der Waals surface area contributed by atoms with E-state index < -0.39 is 0 Å². The van der Waals surface area contributed by atoms with Crippen LogP contribution in [-0.2, 0) is 0 Å². The minimum absolute atomic E-state index is 1.22. The summed E-state index contributed by atoms with van der Waals surface area (Å²) >= 11 is 0. The first-order valence-electron chi connectivity index (χ1n) is 22.1. The van der Waals surface area contributed by atoms with E-state index in [0.29, 0.717) is 0 Å². The van der Waals surface area contributed by atoms with Crippen molar-refractivity contribution in [3.8, 4) is 0 Å². The summed E-state index contributed by atoms with van der Waals surface area (Å²) in [6, 6.07) is 0. The summed E-state index contributed by atoms with van der Waals surface area (Å²) in [5, 5.41) is 0. The summed E-state index contributed by atoms with van der Waals surface area (Å²) in [5.41, 5.74) is 0. The van der Waals surface area contributed by atoms with Crippen molar-refractivity contribution in [2.24, 2.45) is 0 Å². The Bertz CT molecular complexity index is 588. The van der Waals surface area contributed by atoms with E-state index in [1.165, 1.54) is 245 Å². The lowest BCUT2D eigenvalue weighted by Gasteiger charge is -2.38. The van der Waals surface area contributed by atoms with Crippen LogP contribution in [0, 0.1) is 0 Å². The summed E-state index contributed by atoms with van der Waals surface area (Å²) in [7, 11) is 12.6. The number of rotatable bonds is 38. The third-order valence-electron chi connectivity index (χ3n) is 11.5. The molecular weight excluding hydrogens is 571 g/mol. The third kappa shape index (κ3) is 32.8. The highest BCUT2D eigenvalue weighted by Crippen LogP contribution is 2.17. The second kappa shape index (κ2) is 31.8. The first-order valence-corrected chi connectivity index (χ1v) is 22.1. The Balaban J connectivity index is 4.55. The molecule has 0 aromatic rings. The van der Waals surface area contributed by atoms with E-state index in [0.717, 1.165) is 0 Å². The van der Waals surface area contributed by atoms with E-state index >= 15 is 0 Å². The van der Waals surface area contributed by atoms with E-state index in [2.05, 4.69) is 56.0 Å². The normalized spacial score (nSPS) is 12.8. The predicted octanol–water partition coefficient (Wildman–Crippen LogP) is 13.0. The minimum Gasteiger partial charge on any atom is -0.328 e. The summed E-state index contributed by atoms with van der Waals surface area (Å²) in [5.74, 6) is 0. The first kappa shape index (κ1) is 46.9. The Kier molecular flexibility index (Phi) is 31.8. The zero-order valence-electron chi connectivity index (χ0n) is 34.8. The van der Waals surface area contributed by atoms with Gasteiger partial charge in [-0.2, -0.15) is 0 Å². The van der Waals surface area contributed by atoms with Crippen LogP contribution in [0.25, 0.3) is 0 Å². The maximum absolute atomic E-state index is 2.62. The predicted molar refractivity (Wildman–Crippen MR) is 215 cm³/mol. The van der Waals surface area contributed by atoms with Gasteiger partial charge in [-0.05, 0) is 38.5 Å². The molecule has 0 aliphatic carbocycles. The molecule has 3 nitrogen and oxygen atoms in total. The van der Waals surface area contributed by atoms with Crippen molar-refractivity contribution in [2.75, 3.05) is 81.1 Å². The largest absolute Gasteiger partial charge is 0.328 e. The molecule has 3 heteroatoms. The monoisotopic (exact) mass is 667 g/mol. The van der Waals surface area contributed by atoms with E-state index in [1.54, 1.807) is 0 Å². The summed E-state index contributed by atoms with van der Waals surface area (Å²) in [6.07, 6.45) is 41.6. The lowest BCUT2D eigenvalue weighted by molar-refractivity contribution is -0.928. The Morgan fingerprint density at radius 3 is 0.681 bits per heavy atom. The highest BCUT2D eigenvalue weighted by Gasteiger charge is 2.25. The van der Waals surface area contributed by atoms with Gasteiger partial charge in [0.25, 0.3) is 0 Å². The SMILES string of the molecule is CCCCCCCCCCC[N+](C)(C)CCC[N+](C)(CCCCCCCCCCC)CCC[N+](C)(C)CCCCCCCCCCC. The van der Waals surface area contributed by atoms with Crippen molar-refractivity contribution >= 4 is 0 Å². The average Bonchev–Trinajstić information content (AvgIpc) is 3.02. The van der Waals surface area contributed by atoms with Gasteiger partial charge < -0.3 is 13.4 Å². The second-order valence-electron chi connectivity index (χ2n) is 17.7. The van der Waals surface area contributed by atoms with Gasteiger partial charge in [-0.25, -0.2) is 0 Å². The summed E-state index contributed by atoms with van der Waals surface area (Å²) in [4.78, 5) is 0. The minimum atomic E-state index is 1.22. The molecule has 0 aliphatic rings. The molecule has 0 N–H and O–H groups in total. The van der Waals surface area contributed by atoms with Crippen LogP contribution < -0.4 is 0 Å². The van der Waals surface area contributed by atoms with Crippen LogP contribution in [0.4, 0.5) is 0 Å². The standard InChI is InChI=1S/C44H96N3/c1-9-12-15-18-21-24-27-30-33-38-45(4,5)40-36-43-47(8,42-35-32-29-26-23-20-17-14-11-3)44-37-41-46(6,7)39-34-31-28-25-22-19-16-13-10-2/h9-44H2,1-8H3/q+3. The van der Waals surface area contributed by atoms with Gasteiger partial charge in [0.1, 0.15) is 0 Å². The topological polar surface area (TPSA) is 0 Å². The third-order valence-corrected chi connectivity index (χ3v) is 11.5. The van der Waals surface area contributed by atoms with Gasteiger partial charge in [0.05, 0.1) is 81.1 Å². The average molecular weight is 667 g/mol. The first-order chi connectivity index (χ1) is 22.6. The van der Waals surface area contributed by atoms with Crippen molar-refractivity contribution in [1.82, 2.24) is 0 Å². The van der Waals surface area contributed by atoms with Crippen LogP contribution in [0.15, 0.2) is 0 Å². The molecule has 0 amide bonds. The molecule has 284 valence electrons. The number of quaternary nitrogens is 3. The van der Waals surface area contributed by atoms with Gasteiger partial charge in [0.15, 0.2) is 0 Å². The Labute approximate surface area is 300 Å². The molecule has 0 atom stereocenters. The van der Waals surface area contributed by atoms with E-state index in [-0.39, 0.29) is 0 Å². The van der Waals surface area contributed by atoms with Crippen molar-refractivity contribution in [2.45, 2.75) is 207 Å². The van der Waals surface area contributed by atoms with Gasteiger partial charge >= 0.3 is 0 Å². The second-order valence-corrected chi connectivity index (χ2v) is 17.7. The molecule has 0 unspecified atom stereocenters. The fourth-order valence-corrected chi connectivity index (χ4v) is 7.83. The molecule has 0 saturated heterocycles. The molecule has 0 bridgehead atoms. The molecule has 0 radical (unpaired) electrons. The smallest absolute Gasteiger partial charge is 0.0839 e. The molecule has 0 aromatic carbocycles. The molecular formula is C44H96N3+3. The highest BCUT2D eigenvalue weighted by atomic mass is 15.4. The number of nitrogens with zero attached hydrogens (tertiary/aromatic N) is 3. The summed E-state index contributed by atoms with van der Waals surface area (Å²) in [6.45, 7) is 16.5. The molecule has 0 aromatic heterocycles. The van der Waals surface area contributed by atoms with Crippen LogP contribution in [-0.4, -0.2) is 94.5 Å². The van der Waals surface area contributed by atoms with Gasteiger partial charge in [-0.15, -0.1) is 0 Å². The van der Waals surface area contributed by atoms with Crippen LogP contribution >= 0.6 is 0 Å². The van der Waals surface area contributed by atoms with Crippen molar-refractivity contribution < 1.29 is 13.4 Å². The zero-order chi connectivity index (χ0) is 35.0. The van der Waals surface area contributed by atoms with Crippen LogP contribution in [0.5, 0.6) is 0 Å². The molecule has 0 heterocycles. The zero-order valence-corrected chi connectivity index (χ0v) is 34.8. The van der Waals surface area contributed by atoms with E-state index in [1.807, 2.05) is 0 Å². The number of hydrogen-bond acceptors (Lipinski definition) is 0. The lowest BCUT2D eigenvalue weighted by atomic mass is 10.1. The maximum Gasteiger partial charge on any atom is 0.0839 e. The molecule has 0 saturated carbocycles. The Morgan fingerprint density at radius 2 is 0.404 bits per heavy atom. The lowest BCUT2D eigenvalue weighted by Crippen LogP contribution is -2.50. The van der Waals surface area contributed by atoms with Gasteiger partial charge in [0, 0.05) is 12.8 Å². The highest BCUT2D eigenvalue weighted by molar-refractivity contribution is 4.52. The van der Waals surface area contributed by atoms with E-state index in [9.17, 15) is 0 Å². The number of hydrogen-bond donors (Lipinski definition) is 0. The quantitative estimate of drug-likeness (QED) is 0.0454. The maximum atomic E-state index is 2.62. The Hall–Kier alpha value is -0.120. The molecule has 0 fully saturated rings. The summed E-state index contributed by atoms with van der Waals surface area (Å²) < 4.78 is 3.75. The van der Waals surface area contributed by atoms with Crippen molar-refractivity contribution in [3.05, 3.63) is 0 Å².